The lowest BCUT2D eigenvalue weighted by Crippen LogP contribution is -2.44. The number of rotatable bonds is 15. The summed E-state index contributed by atoms with van der Waals surface area (Å²) in [6, 6.07) is 0. The average molecular weight is 427 g/mol. The Balaban J connectivity index is 5.52. The molecule has 0 spiro atoms. The molecule has 0 aliphatic heterocycles. The standard InChI is InChI=1S/C17H42O6Si3/c1-11(24-14(18-5)19-6)17(4,12(2)25-15(20-7)21-8)13(3)26-16(22-9)23-10/h11-16H,24-26H2,1-10H3. The molecule has 0 saturated heterocycles. The molecule has 0 amide bonds. The third kappa shape index (κ3) is 7.44. The molecule has 26 heavy (non-hydrogen) atoms. The highest BCUT2D eigenvalue weighted by molar-refractivity contribution is 6.44. The predicted molar refractivity (Wildman–Crippen MR) is 115 cm³/mol. The van der Waals surface area contributed by atoms with E-state index in [-0.39, 0.29) is 23.2 Å². The van der Waals surface area contributed by atoms with Crippen LogP contribution in [-0.4, -0.2) is 89.0 Å². The van der Waals surface area contributed by atoms with Gasteiger partial charge in [0.1, 0.15) is 17.7 Å². The van der Waals surface area contributed by atoms with Gasteiger partial charge in [-0.25, -0.2) is 0 Å². The molecule has 0 aromatic rings. The van der Waals surface area contributed by atoms with Gasteiger partial charge in [-0.3, -0.25) is 0 Å². The summed E-state index contributed by atoms with van der Waals surface area (Å²) in [5.41, 5.74) is 1.84. The monoisotopic (exact) mass is 426 g/mol. The van der Waals surface area contributed by atoms with Gasteiger partial charge in [-0.15, -0.1) is 0 Å². The van der Waals surface area contributed by atoms with E-state index >= 15 is 0 Å². The predicted octanol–water partition coefficient (Wildman–Crippen LogP) is 0.653. The van der Waals surface area contributed by atoms with Crippen molar-refractivity contribution in [2.45, 2.75) is 62.1 Å². The summed E-state index contributed by atoms with van der Waals surface area (Å²) in [6.07, 6.45) is 0. The second-order valence-electron chi connectivity index (χ2n) is 7.48. The molecule has 0 N–H and O–H groups in total. The maximum Gasteiger partial charge on any atom is 0.134 e. The van der Waals surface area contributed by atoms with Gasteiger partial charge in [0.2, 0.25) is 0 Å². The number of hydrogen-bond acceptors (Lipinski definition) is 6. The summed E-state index contributed by atoms with van der Waals surface area (Å²) in [7, 11) is 8.62. The zero-order chi connectivity index (χ0) is 20.3. The van der Waals surface area contributed by atoms with Crippen LogP contribution in [0, 0.1) is 5.41 Å². The van der Waals surface area contributed by atoms with Crippen LogP contribution in [0.3, 0.4) is 0 Å². The minimum Gasteiger partial charge on any atom is -0.360 e. The Morgan fingerprint density at radius 1 is 0.500 bits per heavy atom. The van der Waals surface area contributed by atoms with Gasteiger partial charge in [0.15, 0.2) is 0 Å². The molecule has 0 radical (unpaired) electrons. The fourth-order valence-corrected chi connectivity index (χ4v) is 11.8. The molecule has 3 unspecified atom stereocenters. The lowest BCUT2D eigenvalue weighted by molar-refractivity contribution is -0.0491. The van der Waals surface area contributed by atoms with Gasteiger partial charge >= 0.3 is 0 Å². The van der Waals surface area contributed by atoms with Crippen LogP contribution in [-0.2, 0) is 28.4 Å². The second kappa shape index (κ2) is 13.6. The van der Waals surface area contributed by atoms with Crippen LogP contribution in [0.25, 0.3) is 0 Å². The first-order valence-corrected chi connectivity index (χ1v) is 14.3. The molecule has 0 aromatic carbocycles. The van der Waals surface area contributed by atoms with E-state index < -0.39 is 28.6 Å². The number of ether oxygens (including phenoxy) is 6. The summed E-state index contributed by atoms with van der Waals surface area (Å²) in [5.74, 6) is -0.143. The molecule has 0 saturated carbocycles. The first kappa shape index (κ1) is 26.4. The van der Waals surface area contributed by atoms with Crippen molar-refractivity contribution in [3.05, 3.63) is 0 Å². The van der Waals surface area contributed by atoms with E-state index in [0.29, 0.717) is 16.6 Å². The average Bonchev–Trinajstić information content (AvgIpc) is 2.66. The van der Waals surface area contributed by atoms with Gasteiger partial charge < -0.3 is 28.4 Å². The van der Waals surface area contributed by atoms with Crippen LogP contribution < -0.4 is 0 Å². The van der Waals surface area contributed by atoms with Gasteiger partial charge in [-0.2, -0.15) is 0 Å². The van der Waals surface area contributed by atoms with E-state index in [9.17, 15) is 0 Å². The highest BCUT2D eigenvalue weighted by Crippen LogP contribution is 2.52. The Labute approximate surface area is 167 Å². The fourth-order valence-electron chi connectivity index (χ4n) is 3.95. The molecule has 0 fully saturated rings. The topological polar surface area (TPSA) is 55.4 Å². The summed E-state index contributed by atoms with van der Waals surface area (Å²) < 4.78 is 33.2. The molecule has 0 rings (SSSR count). The Morgan fingerprint density at radius 3 is 0.846 bits per heavy atom. The summed E-state index contributed by atoms with van der Waals surface area (Å²) in [6.45, 7) is 9.55. The molecule has 0 aromatic heterocycles. The molecule has 0 heterocycles. The highest BCUT2D eigenvalue weighted by Gasteiger charge is 2.44. The highest BCUT2D eigenvalue weighted by atomic mass is 28.2. The van der Waals surface area contributed by atoms with E-state index in [4.69, 9.17) is 28.4 Å². The first-order valence-electron chi connectivity index (χ1n) is 9.41. The minimum absolute atomic E-state index is 0.0478. The fraction of sp³-hybridized carbons (Fsp3) is 1.00. The lowest BCUT2D eigenvalue weighted by Gasteiger charge is -2.47. The second-order valence-corrected chi connectivity index (χ2v) is 14.6. The van der Waals surface area contributed by atoms with Crippen molar-refractivity contribution >= 4 is 28.6 Å². The summed E-state index contributed by atoms with van der Waals surface area (Å²) >= 11 is 0. The molecule has 0 aliphatic carbocycles. The van der Waals surface area contributed by atoms with E-state index in [1.54, 1.807) is 42.7 Å². The normalized spacial score (nSPS) is 19.7. The van der Waals surface area contributed by atoms with Crippen molar-refractivity contribution in [1.29, 1.82) is 0 Å². The Bertz CT molecular complexity index is 301. The Hall–Kier alpha value is 0.411. The zero-order valence-corrected chi connectivity index (χ0v) is 22.8. The number of hydrogen-bond donors (Lipinski definition) is 0. The van der Waals surface area contributed by atoms with Crippen LogP contribution >= 0.6 is 0 Å². The Kier molecular flexibility index (Phi) is 13.8. The van der Waals surface area contributed by atoms with Crippen molar-refractivity contribution in [2.75, 3.05) is 42.7 Å². The third-order valence-corrected chi connectivity index (χ3v) is 14.3. The maximum absolute atomic E-state index is 5.54. The zero-order valence-electron chi connectivity index (χ0n) is 18.5. The lowest BCUT2D eigenvalue weighted by atomic mass is 9.80. The molecular weight excluding hydrogens is 384 g/mol. The van der Waals surface area contributed by atoms with Gasteiger partial charge in [-0.05, 0) is 22.0 Å². The van der Waals surface area contributed by atoms with Crippen molar-refractivity contribution < 1.29 is 28.4 Å². The quantitative estimate of drug-likeness (QED) is 0.283. The van der Waals surface area contributed by atoms with Crippen LogP contribution in [0.5, 0.6) is 0 Å². The van der Waals surface area contributed by atoms with Gasteiger partial charge in [-0.1, -0.05) is 27.7 Å². The molecule has 6 nitrogen and oxygen atoms in total. The smallest absolute Gasteiger partial charge is 0.134 e. The van der Waals surface area contributed by atoms with E-state index in [1.807, 2.05) is 0 Å². The number of methoxy groups -OCH3 is 6. The van der Waals surface area contributed by atoms with Crippen molar-refractivity contribution in [1.82, 2.24) is 0 Å². The maximum atomic E-state index is 5.54. The molecule has 158 valence electrons. The van der Waals surface area contributed by atoms with Crippen molar-refractivity contribution in [3.8, 4) is 0 Å². The molecule has 0 aliphatic rings. The molecule has 0 bridgehead atoms. The van der Waals surface area contributed by atoms with Crippen LogP contribution in [0.2, 0.25) is 16.6 Å². The van der Waals surface area contributed by atoms with Crippen LogP contribution in [0.1, 0.15) is 27.7 Å². The van der Waals surface area contributed by atoms with E-state index in [2.05, 4.69) is 27.7 Å². The SMILES string of the molecule is COC(OC)[SiH2]C(C)C(C)(C(C)[SiH2]C(OC)OC)C(C)[SiH2]C(OC)OC. The molecule has 3 atom stereocenters. The van der Waals surface area contributed by atoms with Crippen molar-refractivity contribution in [3.63, 3.8) is 0 Å². The molecule has 9 heteroatoms. The Morgan fingerprint density at radius 2 is 0.692 bits per heavy atom. The minimum atomic E-state index is -0.596. The van der Waals surface area contributed by atoms with Crippen molar-refractivity contribution in [2.24, 2.45) is 5.41 Å². The van der Waals surface area contributed by atoms with E-state index in [1.165, 1.54) is 0 Å². The van der Waals surface area contributed by atoms with Gasteiger partial charge in [0.05, 0.1) is 28.6 Å². The largest absolute Gasteiger partial charge is 0.360 e. The molecular formula is C17H42O6Si3. The van der Waals surface area contributed by atoms with Crippen LogP contribution in [0.15, 0.2) is 0 Å². The van der Waals surface area contributed by atoms with E-state index in [0.717, 1.165) is 0 Å². The summed E-state index contributed by atoms with van der Waals surface area (Å²) in [4.78, 5) is 0. The summed E-state index contributed by atoms with van der Waals surface area (Å²) in [5, 5.41) is 0. The first-order chi connectivity index (χ1) is 12.2. The van der Waals surface area contributed by atoms with Gasteiger partial charge in [0.25, 0.3) is 0 Å². The van der Waals surface area contributed by atoms with Crippen LogP contribution in [0.4, 0.5) is 0 Å². The third-order valence-electron chi connectivity index (χ3n) is 6.40. The van der Waals surface area contributed by atoms with Gasteiger partial charge in [0, 0.05) is 42.7 Å².